The van der Waals surface area contributed by atoms with Gasteiger partial charge in [-0.2, -0.15) is 13.2 Å². The molecule has 0 bridgehead atoms. The van der Waals surface area contributed by atoms with Crippen LogP contribution >= 0.6 is 11.9 Å². The Hall–Kier alpha value is -2.53. The van der Waals surface area contributed by atoms with Crippen molar-refractivity contribution in [3.05, 3.63) is 36.4 Å². The second-order valence-electron chi connectivity index (χ2n) is 6.21. The highest BCUT2D eigenvalue weighted by atomic mass is 32.2. The number of nitrogens with one attached hydrogen (secondary N) is 2. The molecule has 1 fully saturated rings. The van der Waals surface area contributed by atoms with Crippen molar-refractivity contribution in [2.45, 2.75) is 24.4 Å². The minimum atomic E-state index is -4.57. The number of carbonyl (C=O) groups excluding carboxylic acids is 1. The van der Waals surface area contributed by atoms with Gasteiger partial charge >= 0.3 is 6.18 Å². The van der Waals surface area contributed by atoms with E-state index >= 15 is 0 Å². The van der Waals surface area contributed by atoms with E-state index < -0.39 is 17.6 Å². The number of amides is 1. The molecule has 1 amide bonds. The molecule has 29 heavy (non-hydrogen) atoms. The van der Waals surface area contributed by atoms with Gasteiger partial charge in [0.05, 0.1) is 5.56 Å². The number of piperazine rings is 1. The third kappa shape index (κ3) is 6.79. The van der Waals surface area contributed by atoms with E-state index in [2.05, 4.69) is 31.7 Å². The molecule has 0 aliphatic carbocycles. The van der Waals surface area contributed by atoms with Gasteiger partial charge in [0.25, 0.3) is 5.91 Å². The van der Waals surface area contributed by atoms with E-state index in [0.717, 1.165) is 50.3 Å². The Morgan fingerprint density at radius 1 is 1.38 bits per heavy atom. The fourth-order valence-electron chi connectivity index (χ4n) is 2.49. The van der Waals surface area contributed by atoms with Crippen molar-refractivity contribution in [3.63, 3.8) is 0 Å². The minimum absolute atomic E-state index is 0.0840. The van der Waals surface area contributed by atoms with Gasteiger partial charge in [0, 0.05) is 43.2 Å². The smallest absolute Gasteiger partial charge is 0.398 e. The van der Waals surface area contributed by atoms with E-state index in [1.807, 2.05) is 0 Å². The van der Waals surface area contributed by atoms with Crippen molar-refractivity contribution in [1.29, 1.82) is 0 Å². The maximum absolute atomic E-state index is 12.9. The van der Waals surface area contributed by atoms with Crippen molar-refractivity contribution in [1.82, 2.24) is 14.9 Å². The number of amidine groups is 1. The summed E-state index contributed by atoms with van der Waals surface area (Å²) in [5, 5.41) is 11.4. The van der Waals surface area contributed by atoms with Crippen LogP contribution in [0.25, 0.3) is 0 Å². The van der Waals surface area contributed by atoms with Crippen LogP contribution < -0.4 is 15.8 Å². The molecule has 1 aromatic carbocycles. The fourth-order valence-corrected chi connectivity index (χ4v) is 3.16. The summed E-state index contributed by atoms with van der Waals surface area (Å²) in [4.78, 5) is 14.5. The summed E-state index contributed by atoms with van der Waals surface area (Å²) < 4.78 is 41.2. The molecule has 1 aliphatic heterocycles. The van der Waals surface area contributed by atoms with Crippen LogP contribution in [-0.2, 0) is 11.0 Å². The van der Waals surface area contributed by atoms with Gasteiger partial charge in [-0.05, 0) is 37.1 Å². The zero-order valence-electron chi connectivity index (χ0n) is 15.9. The van der Waals surface area contributed by atoms with Gasteiger partial charge in [-0.25, -0.2) is 0 Å². The predicted molar refractivity (Wildman–Crippen MR) is 110 cm³/mol. The molecule has 1 aliphatic rings. The van der Waals surface area contributed by atoms with Crippen molar-refractivity contribution in [2.24, 2.45) is 10.2 Å². The first-order chi connectivity index (χ1) is 13.7. The first kappa shape index (κ1) is 22.8. The quantitative estimate of drug-likeness (QED) is 0.162. The highest BCUT2D eigenvalue weighted by Crippen LogP contribution is 2.35. The molecule has 1 saturated heterocycles. The van der Waals surface area contributed by atoms with Crippen LogP contribution in [0.3, 0.4) is 0 Å². The Balaban J connectivity index is 2.03. The van der Waals surface area contributed by atoms with Gasteiger partial charge in [0.1, 0.15) is 11.5 Å². The Bertz CT molecular complexity index is 803. The van der Waals surface area contributed by atoms with Crippen LogP contribution in [0.4, 0.5) is 18.9 Å². The number of carbonyl (C=O) groups is 1. The summed E-state index contributed by atoms with van der Waals surface area (Å²) in [5.41, 5.74) is 4.13. The average molecular weight is 428 g/mol. The lowest BCUT2D eigenvalue weighted by atomic mass is 10.2. The van der Waals surface area contributed by atoms with E-state index in [9.17, 15) is 18.0 Å². The summed E-state index contributed by atoms with van der Waals surface area (Å²) in [6.45, 7) is 8.41. The zero-order chi connectivity index (χ0) is 21.4. The average Bonchev–Trinajstić information content (AvgIpc) is 2.69. The van der Waals surface area contributed by atoms with Gasteiger partial charge in [0.2, 0.25) is 0 Å². The lowest BCUT2D eigenvalue weighted by Crippen LogP contribution is -2.46. The third-order valence-corrected chi connectivity index (χ3v) is 4.82. The molecule has 0 unspecified atom stereocenters. The number of nitrogens with zero attached hydrogens (tertiary/aromatic N) is 3. The van der Waals surface area contributed by atoms with Crippen LogP contribution in [-0.4, -0.2) is 48.5 Å². The number of benzene rings is 1. The molecule has 11 heteroatoms. The van der Waals surface area contributed by atoms with Crippen molar-refractivity contribution in [3.8, 4) is 0 Å². The maximum Gasteiger partial charge on any atom is 0.418 e. The van der Waals surface area contributed by atoms with Crippen molar-refractivity contribution >= 4 is 35.1 Å². The number of nitrogens with two attached hydrogens (primary N) is 1. The Labute approximate surface area is 171 Å². The molecular formula is C18H23F3N6OS. The van der Waals surface area contributed by atoms with Crippen LogP contribution in [0.2, 0.25) is 0 Å². The molecule has 0 radical (unpaired) electrons. The molecule has 1 heterocycles. The molecule has 7 nitrogen and oxygen atoms in total. The van der Waals surface area contributed by atoms with Crippen LogP contribution in [0.1, 0.15) is 18.9 Å². The van der Waals surface area contributed by atoms with E-state index in [4.69, 9.17) is 5.73 Å². The van der Waals surface area contributed by atoms with Crippen molar-refractivity contribution < 1.29 is 18.0 Å². The predicted octanol–water partition coefficient (Wildman–Crippen LogP) is 2.67. The summed E-state index contributed by atoms with van der Waals surface area (Å²) in [6, 6.07) is 3.43. The normalized spacial score (nSPS) is 15.9. The number of halogens is 3. The highest BCUT2D eigenvalue weighted by molar-refractivity contribution is 7.98. The molecule has 0 atom stereocenters. The molecule has 4 N–H and O–H groups in total. The maximum atomic E-state index is 12.9. The van der Waals surface area contributed by atoms with Crippen LogP contribution in [0, 0.1) is 0 Å². The standard InChI is InChI=1S/C18H23F3N6OS/c1-3-4-16(27-9-7-23-8-10-27)25-24-12(2)17(28)26-29-13-5-6-15(22)14(11-13)18(19,20)21/h3,5-6,11,23H,1,4,7-10,22H2,2H3,(H,26,28)/b24-12+,25-16+. The Morgan fingerprint density at radius 3 is 2.69 bits per heavy atom. The van der Waals surface area contributed by atoms with E-state index in [-0.39, 0.29) is 16.3 Å². The number of nitrogen functional groups attached to an aromatic ring is 1. The summed E-state index contributed by atoms with van der Waals surface area (Å²) in [6.07, 6.45) is -2.35. The summed E-state index contributed by atoms with van der Waals surface area (Å²) >= 11 is 0.749. The van der Waals surface area contributed by atoms with E-state index in [1.54, 1.807) is 6.08 Å². The fraction of sp³-hybridized carbons (Fsp3) is 0.389. The number of alkyl halides is 3. The van der Waals surface area contributed by atoms with Crippen LogP contribution in [0.15, 0.2) is 46.0 Å². The molecule has 0 aromatic heterocycles. The van der Waals surface area contributed by atoms with Gasteiger partial charge in [-0.15, -0.1) is 16.8 Å². The molecular weight excluding hydrogens is 405 g/mol. The van der Waals surface area contributed by atoms with E-state index in [1.165, 1.54) is 13.0 Å². The lowest BCUT2D eigenvalue weighted by molar-refractivity contribution is -0.137. The molecule has 0 spiro atoms. The SMILES string of the molecule is C=CC/C(=N\N=C(/C)C(=O)NSc1ccc(N)c(C(F)(F)F)c1)N1CCNCC1. The second kappa shape index (κ2) is 10.3. The number of hydrogen-bond donors (Lipinski definition) is 3. The molecule has 0 saturated carbocycles. The van der Waals surface area contributed by atoms with Gasteiger partial charge in [-0.3, -0.25) is 9.52 Å². The largest absolute Gasteiger partial charge is 0.418 e. The number of anilines is 1. The van der Waals surface area contributed by atoms with Crippen LogP contribution in [0.5, 0.6) is 0 Å². The molecule has 158 valence electrons. The monoisotopic (exact) mass is 428 g/mol. The Kier molecular flexibility index (Phi) is 8.09. The van der Waals surface area contributed by atoms with Gasteiger partial charge in [0.15, 0.2) is 0 Å². The topological polar surface area (TPSA) is 95.1 Å². The second-order valence-corrected chi connectivity index (χ2v) is 7.09. The zero-order valence-corrected chi connectivity index (χ0v) is 16.7. The van der Waals surface area contributed by atoms with Crippen molar-refractivity contribution in [2.75, 3.05) is 31.9 Å². The minimum Gasteiger partial charge on any atom is -0.398 e. The lowest BCUT2D eigenvalue weighted by Gasteiger charge is -2.29. The number of hydrogen-bond acceptors (Lipinski definition) is 6. The summed E-state index contributed by atoms with van der Waals surface area (Å²) in [5.74, 6) is 0.150. The highest BCUT2D eigenvalue weighted by Gasteiger charge is 2.33. The van der Waals surface area contributed by atoms with Gasteiger partial charge < -0.3 is 16.0 Å². The molecule has 2 rings (SSSR count). The Morgan fingerprint density at radius 2 is 2.07 bits per heavy atom. The van der Waals surface area contributed by atoms with Gasteiger partial charge in [-0.1, -0.05) is 6.08 Å². The number of rotatable bonds is 6. The first-order valence-corrected chi connectivity index (χ1v) is 9.65. The third-order valence-electron chi connectivity index (χ3n) is 4.04. The van der Waals surface area contributed by atoms with E-state index in [0.29, 0.717) is 12.3 Å². The first-order valence-electron chi connectivity index (χ1n) is 8.84. The molecule has 1 aromatic rings. The summed E-state index contributed by atoms with van der Waals surface area (Å²) in [7, 11) is 0.